The summed E-state index contributed by atoms with van der Waals surface area (Å²) in [7, 11) is 1.88. The maximum Gasteiger partial charge on any atom is 0.220 e. The minimum atomic E-state index is -0.196. The number of amides is 2. The number of nitrogens with one attached hydrogen (secondary N) is 2. The number of rotatable bonds is 14. The fourth-order valence-electron chi connectivity index (χ4n) is 2.06. The van der Waals surface area contributed by atoms with Crippen LogP contribution in [0.4, 0.5) is 0 Å². The number of unbranched alkanes of at least 4 members (excludes halogenated alkanes) is 7. The highest BCUT2D eigenvalue weighted by Gasteiger charge is 2.00. The highest BCUT2D eigenvalue weighted by Crippen LogP contribution is 2.10. The SMILES string of the molecule is CNCCNC(=O)CCCCCCCCCCC(N)=O. The normalized spacial score (nSPS) is 10.4. The van der Waals surface area contributed by atoms with Crippen LogP contribution < -0.4 is 16.4 Å². The molecule has 0 aromatic rings. The number of carbonyl (C=O) groups excluding carboxylic acids is 2. The van der Waals surface area contributed by atoms with Crippen LogP contribution >= 0.6 is 0 Å². The van der Waals surface area contributed by atoms with Crippen LogP contribution in [0, 0.1) is 0 Å². The maximum absolute atomic E-state index is 11.4. The quantitative estimate of drug-likeness (QED) is 0.425. The molecule has 20 heavy (non-hydrogen) atoms. The van der Waals surface area contributed by atoms with Crippen molar-refractivity contribution in [2.75, 3.05) is 20.1 Å². The number of hydrogen-bond acceptors (Lipinski definition) is 3. The van der Waals surface area contributed by atoms with Gasteiger partial charge in [-0.2, -0.15) is 0 Å². The fourth-order valence-corrected chi connectivity index (χ4v) is 2.06. The first kappa shape index (κ1) is 18.9. The van der Waals surface area contributed by atoms with Gasteiger partial charge in [-0.25, -0.2) is 0 Å². The zero-order chi connectivity index (χ0) is 15.1. The molecule has 0 fully saturated rings. The van der Waals surface area contributed by atoms with E-state index in [1.165, 1.54) is 25.7 Å². The van der Waals surface area contributed by atoms with E-state index in [4.69, 9.17) is 5.73 Å². The zero-order valence-corrected chi connectivity index (χ0v) is 12.9. The number of nitrogens with two attached hydrogens (primary N) is 1. The van der Waals surface area contributed by atoms with Gasteiger partial charge in [-0.15, -0.1) is 0 Å². The molecule has 0 heterocycles. The average molecular weight is 285 g/mol. The molecular formula is C15H31N3O2. The second kappa shape index (κ2) is 14.3. The van der Waals surface area contributed by atoms with Gasteiger partial charge in [-0.05, 0) is 19.9 Å². The van der Waals surface area contributed by atoms with E-state index < -0.39 is 0 Å². The molecule has 0 saturated carbocycles. The lowest BCUT2D eigenvalue weighted by atomic mass is 10.1. The standard InChI is InChI=1S/C15H31N3O2/c1-17-12-13-18-15(20)11-9-7-5-3-2-4-6-8-10-14(16)19/h17H,2-13H2,1H3,(H2,16,19)(H,18,20). The van der Waals surface area contributed by atoms with E-state index in [0.29, 0.717) is 19.4 Å². The summed E-state index contributed by atoms with van der Waals surface area (Å²) in [4.78, 5) is 21.9. The highest BCUT2D eigenvalue weighted by molar-refractivity contribution is 5.75. The topological polar surface area (TPSA) is 84.2 Å². The number of likely N-dealkylation sites (N-methyl/N-ethyl adjacent to an activating group) is 1. The molecule has 0 rings (SSSR count). The van der Waals surface area contributed by atoms with Gasteiger partial charge in [-0.3, -0.25) is 9.59 Å². The van der Waals surface area contributed by atoms with Crippen molar-refractivity contribution in [3.63, 3.8) is 0 Å². The summed E-state index contributed by atoms with van der Waals surface area (Å²) in [6, 6.07) is 0. The van der Waals surface area contributed by atoms with Gasteiger partial charge in [0.25, 0.3) is 0 Å². The van der Waals surface area contributed by atoms with E-state index in [0.717, 1.165) is 32.2 Å². The van der Waals surface area contributed by atoms with Crippen molar-refractivity contribution in [3.05, 3.63) is 0 Å². The number of hydrogen-bond donors (Lipinski definition) is 3. The van der Waals surface area contributed by atoms with Gasteiger partial charge in [0.15, 0.2) is 0 Å². The Labute approximate surface area is 123 Å². The van der Waals surface area contributed by atoms with Crippen LogP contribution in [0.25, 0.3) is 0 Å². The van der Waals surface area contributed by atoms with Gasteiger partial charge in [0, 0.05) is 25.9 Å². The smallest absolute Gasteiger partial charge is 0.220 e. The molecule has 0 bridgehead atoms. The average Bonchev–Trinajstić information content (AvgIpc) is 2.41. The van der Waals surface area contributed by atoms with Gasteiger partial charge in [-0.1, -0.05) is 38.5 Å². The van der Waals surface area contributed by atoms with Crippen molar-refractivity contribution in [2.45, 2.75) is 64.2 Å². The van der Waals surface area contributed by atoms with E-state index in [2.05, 4.69) is 10.6 Å². The lowest BCUT2D eigenvalue weighted by Gasteiger charge is -2.04. The zero-order valence-electron chi connectivity index (χ0n) is 12.9. The Balaban J connectivity index is 3.12. The molecule has 0 spiro atoms. The third-order valence-corrected chi connectivity index (χ3v) is 3.27. The minimum Gasteiger partial charge on any atom is -0.370 e. The molecule has 0 unspecified atom stereocenters. The van der Waals surface area contributed by atoms with Crippen LogP contribution in [0.1, 0.15) is 64.2 Å². The molecule has 0 saturated heterocycles. The van der Waals surface area contributed by atoms with Crippen LogP contribution in [0.5, 0.6) is 0 Å². The van der Waals surface area contributed by atoms with Crippen molar-refractivity contribution >= 4 is 11.8 Å². The first-order valence-corrected chi connectivity index (χ1v) is 7.86. The third kappa shape index (κ3) is 15.0. The van der Waals surface area contributed by atoms with Crippen molar-refractivity contribution in [2.24, 2.45) is 5.73 Å². The summed E-state index contributed by atoms with van der Waals surface area (Å²) >= 11 is 0. The molecule has 118 valence electrons. The van der Waals surface area contributed by atoms with Crippen molar-refractivity contribution in [1.82, 2.24) is 10.6 Å². The molecular weight excluding hydrogens is 254 g/mol. The van der Waals surface area contributed by atoms with Crippen LogP contribution in [0.15, 0.2) is 0 Å². The summed E-state index contributed by atoms with van der Waals surface area (Å²) in [5.74, 6) is -0.0373. The van der Waals surface area contributed by atoms with Crippen LogP contribution in [0.2, 0.25) is 0 Å². The minimum absolute atomic E-state index is 0.159. The second-order valence-electron chi connectivity index (χ2n) is 5.25. The lowest BCUT2D eigenvalue weighted by Crippen LogP contribution is -2.30. The summed E-state index contributed by atoms with van der Waals surface area (Å²) in [6.45, 7) is 1.53. The van der Waals surface area contributed by atoms with Crippen molar-refractivity contribution < 1.29 is 9.59 Å². The molecule has 0 aliphatic heterocycles. The van der Waals surface area contributed by atoms with Gasteiger partial charge >= 0.3 is 0 Å². The number of primary amides is 1. The summed E-state index contributed by atoms with van der Waals surface area (Å²) in [6.07, 6.45) is 10.1. The Morgan fingerprint density at radius 3 is 1.80 bits per heavy atom. The molecule has 0 aliphatic carbocycles. The van der Waals surface area contributed by atoms with Gasteiger partial charge < -0.3 is 16.4 Å². The van der Waals surface area contributed by atoms with E-state index >= 15 is 0 Å². The fraction of sp³-hybridized carbons (Fsp3) is 0.867. The van der Waals surface area contributed by atoms with E-state index in [1.54, 1.807) is 0 Å². The molecule has 4 N–H and O–H groups in total. The Kier molecular flexibility index (Phi) is 13.5. The van der Waals surface area contributed by atoms with Crippen molar-refractivity contribution in [1.29, 1.82) is 0 Å². The van der Waals surface area contributed by atoms with Gasteiger partial charge in [0.05, 0.1) is 0 Å². The molecule has 5 heteroatoms. The first-order chi connectivity index (χ1) is 9.66. The van der Waals surface area contributed by atoms with E-state index in [9.17, 15) is 9.59 Å². The lowest BCUT2D eigenvalue weighted by molar-refractivity contribution is -0.121. The first-order valence-electron chi connectivity index (χ1n) is 7.86. The molecule has 0 aromatic carbocycles. The third-order valence-electron chi connectivity index (χ3n) is 3.27. The molecule has 0 aliphatic rings. The molecule has 0 radical (unpaired) electrons. The number of carbonyl (C=O) groups is 2. The van der Waals surface area contributed by atoms with Crippen LogP contribution in [-0.4, -0.2) is 32.0 Å². The molecule has 5 nitrogen and oxygen atoms in total. The summed E-state index contributed by atoms with van der Waals surface area (Å²) < 4.78 is 0. The van der Waals surface area contributed by atoms with E-state index in [1.807, 2.05) is 7.05 Å². The second-order valence-corrected chi connectivity index (χ2v) is 5.25. The Bertz CT molecular complexity index is 258. The van der Waals surface area contributed by atoms with Crippen molar-refractivity contribution in [3.8, 4) is 0 Å². The predicted octanol–water partition coefficient (Wildman–Crippen LogP) is 1.71. The van der Waals surface area contributed by atoms with Gasteiger partial charge in [0.2, 0.25) is 11.8 Å². The van der Waals surface area contributed by atoms with Crippen LogP contribution in [0.3, 0.4) is 0 Å². The molecule has 2 amide bonds. The summed E-state index contributed by atoms with van der Waals surface area (Å²) in [5, 5.41) is 5.87. The van der Waals surface area contributed by atoms with E-state index in [-0.39, 0.29) is 11.8 Å². The Hall–Kier alpha value is -1.10. The molecule has 0 aromatic heterocycles. The monoisotopic (exact) mass is 285 g/mol. The predicted molar refractivity (Wildman–Crippen MR) is 82.3 cm³/mol. The largest absolute Gasteiger partial charge is 0.370 e. The van der Waals surface area contributed by atoms with Crippen LogP contribution in [-0.2, 0) is 9.59 Å². The summed E-state index contributed by atoms with van der Waals surface area (Å²) in [5.41, 5.74) is 5.08. The highest BCUT2D eigenvalue weighted by atomic mass is 16.1. The molecule has 0 atom stereocenters. The Morgan fingerprint density at radius 2 is 1.30 bits per heavy atom. The maximum atomic E-state index is 11.4. The van der Waals surface area contributed by atoms with Gasteiger partial charge in [0.1, 0.15) is 0 Å². The Morgan fingerprint density at radius 1 is 0.800 bits per heavy atom.